The van der Waals surface area contributed by atoms with Crippen molar-refractivity contribution in [3.63, 3.8) is 0 Å². The Morgan fingerprint density at radius 3 is 1.88 bits per heavy atom. The van der Waals surface area contributed by atoms with Crippen LogP contribution in [0.1, 0.15) is 109 Å². The van der Waals surface area contributed by atoms with E-state index in [0.29, 0.717) is 13.0 Å². The van der Waals surface area contributed by atoms with Crippen molar-refractivity contribution in [2.45, 2.75) is 116 Å². The molecule has 182 valence electrons. The zero-order valence-corrected chi connectivity index (χ0v) is 20.1. The lowest BCUT2D eigenvalue weighted by Gasteiger charge is -2.17. The molecule has 0 aliphatic carbocycles. The molecule has 0 aliphatic rings. The van der Waals surface area contributed by atoms with Crippen LogP contribution in [0.2, 0.25) is 0 Å². The molecule has 1 atom stereocenters. The Labute approximate surface area is 194 Å². The maximum atomic E-state index is 11.4. The Morgan fingerprint density at radius 1 is 0.781 bits per heavy atom. The van der Waals surface area contributed by atoms with Crippen LogP contribution in [0.15, 0.2) is 30.3 Å². The second-order valence-corrected chi connectivity index (χ2v) is 8.73. The molecule has 1 aromatic carbocycles. The molecule has 32 heavy (non-hydrogen) atoms. The number of carboxylic acids is 1. The summed E-state index contributed by atoms with van der Waals surface area (Å²) in [6.45, 7) is 2.98. The van der Waals surface area contributed by atoms with Gasteiger partial charge in [0.15, 0.2) is 0 Å². The number of carbonyl (C=O) groups is 2. The summed E-state index contributed by atoms with van der Waals surface area (Å²) in [6.07, 6.45) is 15.5. The fourth-order valence-corrected chi connectivity index (χ4v) is 3.90. The van der Waals surface area contributed by atoms with Gasteiger partial charge in [0.05, 0.1) is 6.61 Å². The van der Waals surface area contributed by atoms with Crippen molar-refractivity contribution >= 4 is 11.9 Å². The number of benzene rings is 1. The summed E-state index contributed by atoms with van der Waals surface area (Å²) in [5.41, 5.74) is 1.22. The Balaban J connectivity index is 1.97. The van der Waals surface area contributed by atoms with E-state index in [1.807, 2.05) is 18.2 Å². The van der Waals surface area contributed by atoms with E-state index in [0.717, 1.165) is 70.8 Å². The number of carboxylic acid groups (broad SMARTS) is 1. The molecule has 5 heteroatoms. The second-order valence-electron chi connectivity index (χ2n) is 8.73. The van der Waals surface area contributed by atoms with Crippen LogP contribution in [0.5, 0.6) is 0 Å². The molecule has 0 bridgehead atoms. The number of aliphatic carboxylic acids is 1. The van der Waals surface area contributed by atoms with E-state index in [9.17, 15) is 9.59 Å². The predicted molar refractivity (Wildman–Crippen MR) is 129 cm³/mol. The molecule has 1 unspecified atom stereocenters. The molecule has 1 rings (SSSR count). The molecule has 0 heterocycles. The van der Waals surface area contributed by atoms with Crippen LogP contribution in [-0.2, 0) is 25.7 Å². The summed E-state index contributed by atoms with van der Waals surface area (Å²) < 4.78 is 11.3. The van der Waals surface area contributed by atoms with Crippen molar-refractivity contribution in [2.75, 3.05) is 6.61 Å². The minimum absolute atomic E-state index is 0.0536. The molecule has 1 aromatic rings. The number of esters is 1. The average Bonchev–Trinajstić information content (AvgIpc) is 2.76. The molecule has 1 N–H and O–H groups in total. The van der Waals surface area contributed by atoms with Gasteiger partial charge in [-0.1, -0.05) is 81.7 Å². The van der Waals surface area contributed by atoms with Gasteiger partial charge in [-0.25, -0.2) is 0 Å². The third kappa shape index (κ3) is 17.8. The van der Waals surface area contributed by atoms with Gasteiger partial charge < -0.3 is 14.6 Å². The van der Waals surface area contributed by atoms with E-state index in [4.69, 9.17) is 14.6 Å². The van der Waals surface area contributed by atoms with Crippen LogP contribution in [0.25, 0.3) is 0 Å². The van der Waals surface area contributed by atoms with Crippen molar-refractivity contribution < 1.29 is 24.2 Å². The van der Waals surface area contributed by atoms with E-state index in [-0.39, 0.29) is 12.1 Å². The summed E-state index contributed by atoms with van der Waals surface area (Å²) in [6, 6.07) is 10.3. The van der Waals surface area contributed by atoms with Crippen LogP contribution in [0.3, 0.4) is 0 Å². The Morgan fingerprint density at radius 2 is 1.31 bits per heavy atom. The number of hydrogen-bond donors (Lipinski definition) is 1. The molecular weight excluding hydrogens is 404 g/mol. The van der Waals surface area contributed by atoms with Gasteiger partial charge >= 0.3 is 11.9 Å². The highest BCUT2D eigenvalue weighted by Crippen LogP contribution is 2.17. The monoisotopic (exact) mass is 448 g/mol. The fourth-order valence-electron chi connectivity index (χ4n) is 3.90. The maximum absolute atomic E-state index is 11.4. The van der Waals surface area contributed by atoms with Gasteiger partial charge in [0, 0.05) is 20.0 Å². The highest BCUT2D eigenvalue weighted by Gasteiger charge is 2.11. The van der Waals surface area contributed by atoms with Gasteiger partial charge in [-0.05, 0) is 44.1 Å². The van der Waals surface area contributed by atoms with Gasteiger partial charge in [0.2, 0.25) is 0 Å². The van der Waals surface area contributed by atoms with Gasteiger partial charge in [-0.2, -0.15) is 0 Å². The highest BCUT2D eigenvalue weighted by molar-refractivity contribution is 5.66. The van der Waals surface area contributed by atoms with Crippen molar-refractivity contribution in [3.05, 3.63) is 35.9 Å². The summed E-state index contributed by atoms with van der Waals surface area (Å²) in [5, 5.41) is 8.62. The van der Waals surface area contributed by atoms with Gasteiger partial charge in [0.1, 0.15) is 6.10 Å². The molecule has 0 fully saturated rings. The van der Waals surface area contributed by atoms with Crippen molar-refractivity contribution in [1.29, 1.82) is 0 Å². The van der Waals surface area contributed by atoms with Gasteiger partial charge in [0.25, 0.3) is 0 Å². The predicted octanol–water partition coefficient (Wildman–Crippen LogP) is 7.07. The maximum Gasteiger partial charge on any atom is 0.303 e. The summed E-state index contributed by atoms with van der Waals surface area (Å²) >= 11 is 0. The Kier molecular flexibility index (Phi) is 17.4. The first-order chi connectivity index (χ1) is 15.6. The SMILES string of the molecule is CC(=O)OC(CCCCCCCCCCC(=O)O)CCCCCCOCc1ccccc1. The molecule has 0 aromatic heterocycles. The van der Waals surface area contributed by atoms with E-state index >= 15 is 0 Å². The lowest BCUT2D eigenvalue weighted by atomic mass is 10.0. The topological polar surface area (TPSA) is 72.8 Å². The van der Waals surface area contributed by atoms with Crippen LogP contribution < -0.4 is 0 Å². The first kappa shape index (κ1) is 28.2. The fraction of sp³-hybridized carbons (Fsp3) is 0.704. The van der Waals surface area contributed by atoms with Gasteiger partial charge in [-0.3, -0.25) is 9.59 Å². The highest BCUT2D eigenvalue weighted by atomic mass is 16.5. The molecule has 0 radical (unpaired) electrons. The van der Waals surface area contributed by atoms with Gasteiger partial charge in [-0.15, -0.1) is 0 Å². The lowest BCUT2D eigenvalue weighted by molar-refractivity contribution is -0.147. The van der Waals surface area contributed by atoms with Crippen LogP contribution in [0.4, 0.5) is 0 Å². The number of unbranched alkanes of at least 4 members (excludes halogenated alkanes) is 10. The largest absolute Gasteiger partial charge is 0.481 e. The van der Waals surface area contributed by atoms with E-state index in [1.165, 1.54) is 38.2 Å². The Hall–Kier alpha value is -1.88. The number of hydrogen-bond acceptors (Lipinski definition) is 4. The number of carbonyl (C=O) groups excluding carboxylic acids is 1. The quantitative estimate of drug-likeness (QED) is 0.161. The zero-order chi connectivity index (χ0) is 23.3. The zero-order valence-electron chi connectivity index (χ0n) is 20.1. The summed E-state index contributed by atoms with van der Waals surface area (Å²) in [7, 11) is 0. The van der Waals surface area contributed by atoms with Crippen LogP contribution in [-0.4, -0.2) is 29.8 Å². The third-order valence-electron chi connectivity index (χ3n) is 5.68. The molecule has 0 amide bonds. The minimum Gasteiger partial charge on any atom is -0.481 e. The molecule has 5 nitrogen and oxygen atoms in total. The molecule has 0 spiro atoms. The smallest absolute Gasteiger partial charge is 0.303 e. The van der Waals surface area contributed by atoms with Crippen LogP contribution >= 0.6 is 0 Å². The molecule has 0 saturated heterocycles. The molecular formula is C27H44O5. The van der Waals surface area contributed by atoms with Crippen LogP contribution in [0, 0.1) is 0 Å². The number of rotatable bonds is 21. The number of ether oxygens (including phenoxy) is 2. The van der Waals surface area contributed by atoms with E-state index < -0.39 is 5.97 Å². The summed E-state index contributed by atoms with van der Waals surface area (Å²) in [5.74, 6) is -0.870. The van der Waals surface area contributed by atoms with E-state index in [2.05, 4.69) is 12.1 Å². The normalized spacial score (nSPS) is 11.9. The molecule has 0 aliphatic heterocycles. The Bertz CT molecular complexity index is 587. The average molecular weight is 449 g/mol. The first-order valence-electron chi connectivity index (χ1n) is 12.6. The second kappa shape index (κ2) is 19.8. The molecule has 0 saturated carbocycles. The first-order valence-corrected chi connectivity index (χ1v) is 12.6. The van der Waals surface area contributed by atoms with Crippen molar-refractivity contribution in [2.24, 2.45) is 0 Å². The minimum atomic E-state index is -0.694. The van der Waals surface area contributed by atoms with E-state index in [1.54, 1.807) is 0 Å². The lowest BCUT2D eigenvalue weighted by Crippen LogP contribution is -2.16. The summed E-state index contributed by atoms with van der Waals surface area (Å²) in [4.78, 5) is 21.9. The third-order valence-corrected chi connectivity index (χ3v) is 5.68. The van der Waals surface area contributed by atoms with Crippen molar-refractivity contribution in [1.82, 2.24) is 0 Å². The van der Waals surface area contributed by atoms with Crippen molar-refractivity contribution in [3.8, 4) is 0 Å². The standard InChI is InChI=1S/C27H44O5/c1-24(28)32-26(19-13-6-4-2-3-5-7-15-21-27(29)30)20-14-8-9-16-22-31-23-25-17-11-10-12-18-25/h10-12,17-18,26H,2-9,13-16,19-23H2,1H3,(H,29,30).